The second kappa shape index (κ2) is 6.01. The first-order valence-corrected chi connectivity index (χ1v) is 6.85. The van der Waals surface area contributed by atoms with Crippen LogP contribution in [0.5, 0.6) is 0 Å². The van der Waals surface area contributed by atoms with Crippen molar-refractivity contribution in [2.45, 2.75) is 32.2 Å². The van der Waals surface area contributed by atoms with Crippen molar-refractivity contribution in [3.05, 3.63) is 53.4 Å². The summed E-state index contributed by atoms with van der Waals surface area (Å²) in [5.41, 5.74) is 0.270. The van der Waals surface area contributed by atoms with E-state index in [-0.39, 0.29) is 11.1 Å². The Morgan fingerprint density at radius 2 is 1.86 bits per heavy atom. The summed E-state index contributed by atoms with van der Waals surface area (Å²) < 4.78 is 5.14. The van der Waals surface area contributed by atoms with Gasteiger partial charge in [0.1, 0.15) is 5.76 Å². The first-order chi connectivity index (χ1) is 10.3. The van der Waals surface area contributed by atoms with Gasteiger partial charge in [0, 0.05) is 11.5 Å². The summed E-state index contributed by atoms with van der Waals surface area (Å²) in [4.78, 5) is 23.5. The molecule has 0 spiro atoms. The molecule has 0 saturated carbocycles. The molecule has 2 rings (SSSR count). The molecule has 0 aliphatic heterocycles. The highest BCUT2D eigenvalue weighted by Crippen LogP contribution is 2.23. The number of amides is 1. The standard InChI is InChI=1S/C16H18N2O4/c1-16(2,3)12-9-11(18-22-12)14(19)17-13(15(20)21)10-7-5-4-6-8-10/h4-9,13H,1-3H3,(H,17,19)(H,20,21)/t13-/m1/s1. The molecule has 1 heterocycles. The predicted molar refractivity (Wildman–Crippen MR) is 79.5 cm³/mol. The summed E-state index contributed by atoms with van der Waals surface area (Å²) >= 11 is 0. The van der Waals surface area contributed by atoms with E-state index in [1.807, 2.05) is 20.8 Å². The zero-order valence-electron chi connectivity index (χ0n) is 12.7. The number of rotatable bonds is 4. The Balaban J connectivity index is 2.19. The average Bonchev–Trinajstić information content (AvgIpc) is 2.95. The van der Waals surface area contributed by atoms with Crippen LogP contribution in [0.4, 0.5) is 0 Å². The molecule has 1 aromatic carbocycles. The highest BCUT2D eigenvalue weighted by atomic mass is 16.5. The van der Waals surface area contributed by atoms with Crippen LogP contribution in [0.2, 0.25) is 0 Å². The first-order valence-electron chi connectivity index (χ1n) is 6.85. The SMILES string of the molecule is CC(C)(C)c1cc(C(=O)N[C@@H](C(=O)O)c2ccccc2)no1. The minimum absolute atomic E-state index is 0.0621. The molecule has 2 aromatic rings. The van der Waals surface area contributed by atoms with Gasteiger partial charge in [-0.1, -0.05) is 56.3 Å². The first kappa shape index (κ1) is 15.8. The van der Waals surface area contributed by atoms with E-state index in [1.54, 1.807) is 30.3 Å². The molecule has 6 nitrogen and oxygen atoms in total. The van der Waals surface area contributed by atoms with Crippen LogP contribution in [0.15, 0.2) is 40.9 Å². The van der Waals surface area contributed by atoms with Crippen molar-refractivity contribution in [3.8, 4) is 0 Å². The molecule has 116 valence electrons. The minimum Gasteiger partial charge on any atom is -0.479 e. The van der Waals surface area contributed by atoms with Crippen molar-refractivity contribution >= 4 is 11.9 Å². The Labute approximate surface area is 128 Å². The number of carbonyl (C=O) groups excluding carboxylic acids is 1. The zero-order valence-corrected chi connectivity index (χ0v) is 12.7. The van der Waals surface area contributed by atoms with E-state index >= 15 is 0 Å². The topological polar surface area (TPSA) is 92.4 Å². The van der Waals surface area contributed by atoms with Gasteiger partial charge in [-0.25, -0.2) is 4.79 Å². The quantitative estimate of drug-likeness (QED) is 0.905. The fourth-order valence-corrected chi connectivity index (χ4v) is 1.87. The van der Waals surface area contributed by atoms with Crippen molar-refractivity contribution in [1.82, 2.24) is 10.5 Å². The van der Waals surface area contributed by atoms with Crippen molar-refractivity contribution < 1.29 is 19.2 Å². The maximum absolute atomic E-state index is 12.2. The third-order valence-corrected chi connectivity index (χ3v) is 3.14. The van der Waals surface area contributed by atoms with E-state index in [0.717, 1.165) is 0 Å². The molecule has 0 aliphatic carbocycles. The molecule has 2 N–H and O–H groups in total. The number of aliphatic carboxylic acids is 1. The molecule has 0 unspecified atom stereocenters. The van der Waals surface area contributed by atoms with Crippen molar-refractivity contribution in [3.63, 3.8) is 0 Å². The number of nitrogens with zero attached hydrogens (tertiary/aromatic N) is 1. The van der Waals surface area contributed by atoms with Gasteiger partial charge < -0.3 is 14.9 Å². The third kappa shape index (κ3) is 3.52. The van der Waals surface area contributed by atoms with E-state index in [0.29, 0.717) is 11.3 Å². The van der Waals surface area contributed by atoms with Gasteiger partial charge in [-0.2, -0.15) is 0 Å². The lowest BCUT2D eigenvalue weighted by molar-refractivity contribution is -0.139. The highest BCUT2D eigenvalue weighted by Gasteiger charge is 2.26. The molecule has 0 aliphatic rings. The maximum Gasteiger partial charge on any atom is 0.330 e. The molecule has 22 heavy (non-hydrogen) atoms. The van der Waals surface area contributed by atoms with Crippen LogP contribution in [-0.2, 0) is 10.2 Å². The summed E-state index contributed by atoms with van der Waals surface area (Å²) in [6, 6.07) is 8.88. The molecule has 1 atom stereocenters. The number of aromatic nitrogens is 1. The zero-order chi connectivity index (χ0) is 16.3. The molecule has 0 fully saturated rings. The van der Waals surface area contributed by atoms with Gasteiger partial charge in [0.15, 0.2) is 11.7 Å². The molecule has 0 saturated heterocycles. The smallest absolute Gasteiger partial charge is 0.330 e. The van der Waals surface area contributed by atoms with Gasteiger partial charge in [-0.15, -0.1) is 0 Å². The van der Waals surface area contributed by atoms with Crippen molar-refractivity contribution in [2.75, 3.05) is 0 Å². The number of hydrogen-bond donors (Lipinski definition) is 2. The third-order valence-electron chi connectivity index (χ3n) is 3.14. The molecule has 6 heteroatoms. The molecular formula is C16H18N2O4. The van der Waals surface area contributed by atoms with Gasteiger partial charge >= 0.3 is 5.97 Å². The van der Waals surface area contributed by atoms with Gasteiger partial charge in [0.2, 0.25) is 0 Å². The van der Waals surface area contributed by atoms with E-state index in [9.17, 15) is 14.7 Å². The summed E-state index contributed by atoms with van der Waals surface area (Å²) in [5.74, 6) is -1.17. The van der Waals surface area contributed by atoms with E-state index < -0.39 is 17.9 Å². The lowest BCUT2D eigenvalue weighted by Gasteiger charge is -2.14. The summed E-state index contributed by atoms with van der Waals surface area (Å²) in [7, 11) is 0. The van der Waals surface area contributed by atoms with Crippen LogP contribution in [0, 0.1) is 0 Å². The van der Waals surface area contributed by atoms with E-state index in [4.69, 9.17) is 4.52 Å². The minimum atomic E-state index is -1.14. The number of hydrogen-bond acceptors (Lipinski definition) is 4. The van der Waals surface area contributed by atoms with Crippen molar-refractivity contribution in [2.24, 2.45) is 0 Å². The monoisotopic (exact) mass is 302 g/mol. The Bertz CT molecular complexity index is 671. The van der Waals surface area contributed by atoms with E-state index in [2.05, 4.69) is 10.5 Å². The molecule has 0 bridgehead atoms. The largest absolute Gasteiger partial charge is 0.479 e. The number of carbonyl (C=O) groups is 2. The fourth-order valence-electron chi connectivity index (χ4n) is 1.87. The molecule has 1 amide bonds. The van der Waals surface area contributed by atoms with Crippen molar-refractivity contribution in [1.29, 1.82) is 0 Å². The van der Waals surface area contributed by atoms with Crippen LogP contribution in [0.25, 0.3) is 0 Å². The Morgan fingerprint density at radius 1 is 1.23 bits per heavy atom. The highest BCUT2D eigenvalue weighted by molar-refractivity contribution is 5.95. The lowest BCUT2D eigenvalue weighted by atomic mass is 9.93. The van der Waals surface area contributed by atoms with Crippen LogP contribution in [-0.4, -0.2) is 22.1 Å². The average molecular weight is 302 g/mol. The number of benzene rings is 1. The molecule has 0 radical (unpaired) electrons. The second-order valence-electron chi connectivity index (χ2n) is 5.98. The van der Waals surface area contributed by atoms with Gasteiger partial charge in [0.05, 0.1) is 0 Å². The Hall–Kier alpha value is -2.63. The van der Waals surface area contributed by atoms with Crippen LogP contribution in [0.1, 0.15) is 48.6 Å². The van der Waals surface area contributed by atoms with Gasteiger partial charge in [0.25, 0.3) is 5.91 Å². The van der Waals surface area contributed by atoms with Gasteiger partial charge in [-0.05, 0) is 5.56 Å². The number of nitrogens with one attached hydrogen (secondary N) is 1. The second-order valence-corrected chi connectivity index (χ2v) is 5.98. The maximum atomic E-state index is 12.2. The van der Waals surface area contributed by atoms with E-state index in [1.165, 1.54) is 6.07 Å². The van der Waals surface area contributed by atoms with Crippen LogP contribution in [0.3, 0.4) is 0 Å². The van der Waals surface area contributed by atoms with Crippen LogP contribution < -0.4 is 5.32 Å². The Kier molecular flexibility index (Phi) is 4.30. The summed E-state index contributed by atoms with van der Waals surface area (Å²) in [6.07, 6.45) is 0. The number of carboxylic acid groups (broad SMARTS) is 1. The predicted octanol–water partition coefficient (Wildman–Crippen LogP) is 2.53. The molecular weight excluding hydrogens is 284 g/mol. The Morgan fingerprint density at radius 3 is 2.36 bits per heavy atom. The molecule has 1 aromatic heterocycles. The normalized spacial score (nSPS) is 12.7. The number of carboxylic acids is 1. The summed E-state index contributed by atoms with van der Waals surface area (Å²) in [5, 5.41) is 15.5. The lowest BCUT2D eigenvalue weighted by Crippen LogP contribution is -2.33. The fraction of sp³-hybridized carbons (Fsp3) is 0.312. The van der Waals surface area contributed by atoms with Gasteiger partial charge in [-0.3, -0.25) is 4.79 Å². The summed E-state index contributed by atoms with van der Waals surface area (Å²) in [6.45, 7) is 5.79. The van der Waals surface area contributed by atoms with Crippen LogP contribution >= 0.6 is 0 Å².